The van der Waals surface area contributed by atoms with Gasteiger partial charge >= 0.3 is 0 Å². The molecule has 0 aliphatic rings. The normalized spacial score (nSPS) is 14.4. The Kier molecular flexibility index (Phi) is 3.80. The topological polar surface area (TPSA) is 30.7 Å². The summed E-state index contributed by atoms with van der Waals surface area (Å²) in [5.41, 5.74) is 3.20. The summed E-state index contributed by atoms with van der Waals surface area (Å²) in [5, 5.41) is 4.55. The van der Waals surface area contributed by atoms with Crippen LogP contribution in [0.4, 0.5) is 0 Å². The van der Waals surface area contributed by atoms with Crippen molar-refractivity contribution in [3.63, 3.8) is 0 Å². The van der Waals surface area contributed by atoms with Crippen molar-refractivity contribution in [2.45, 2.75) is 33.2 Å². The molecule has 3 heteroatoms. The number of hydrogen-bond acceptors (Lipinski definition) is 2. The van der Waals surface area contributed by atoms with E-state index in [4.69, 9.17) is 0 Å². The Morgan fingerprint density at radius 1 is 0.870 bits per heavy atom. The van der Waals surface area contributed by atoms with Crippen LogP contribution in [0, 0.1) is 12.3 Å². The lowest BCUT2D eigenvalue weighted by molar-refractivity contribution is 0.170. The molecular weight excluding hydrogens is 282 g/mol. The monoisotopic (exact) mass is 305 g/mol. The van der Waals surface area contributed by atoms with Gasteiger partial charge in [0.15, 0.2) is 0 Å². The minimum Gasteiger partial charge on any atom is -0.237 e. The molecule has 0 aliphatic heterocycles. The van der Waals surface area contributed by atoms with Gasteiger partial charge in [-0.05, 0) is 29.0 Å². The lowest BCUT2D eigenvalue weighted by atomic mass is 9.64. The van der Waals surface area contributed by atoms with Gasteiger partial charge in [-0.25, -0.2) is 9.67 Å². The summed E-state index contributed by atoms with van der Waals surface area (Å²) >= 11 is 0. The van der Waals surface area contributed by atoms with Crippen LogP contribution >= 0.6 is 0 Å². The van der Waals surface area contributed by atoms with E-state index in [-0.39, 0.29) is 5.41 Å². The molecule has 1 unspecified atom stereocenters. The van der Waals surface area contributed by atoms with E-state index in [0.29, 0.717) is 0 Å². The molecule has 0 saturated carbocycles. The maximum Gasteiger partial charge on any atom is 0.137 e. The third kappa shape index (κ3) is 2.37. The van der Waals surface area contributed by atoms with Gasteiger partial charge in [-0.2, -0.15) is 5.10 Å². The van der Waals surface area contributed by atoms with Crippen LogP contribution < -0.4 is 0 Å². The van der Waals surface area contributed by atoms with E-state index >= 15 is 0 Å². The van der Waals surface area contributed by atoms with E-state index < -0.39 is 5.54 Å². The van der Waals surface area contributed by atoms with E-state index in [0.717, 1.165) is 0 Å². The molecule has 0 saturated heterocycles. The second kappa shape index (κ2) is 5.65. The predicted octanol–water partition coefficient (Wildman–Crippen LogP) is 4.42. The Labute approximate surface area is 138 Å². The van der Waals surface area contributed by atoms with Gasteiger partial charge in [-0.15, -0.1) is 0 Å². The summed E-state index contributed by atoms with van der Waals surface area (Å²) in [6.07, 6.45) is 3.44. The van der Waals surface area contributed by atoms with Crippen molar-refractivity contribution < 1.29 is 0 Å². The smallest absolute Gasteiger partial charge is 0.137 e. The summed E-state index contributed by atoms with van der Waals surface area (Å²) in [4.78, 5) is 4.23. The van der Waals surface area contributed by atoms with E-state index in [1.54, 1.807) is 6.33 Å². The van der Waals surface area contributed by atoms with Gasteiger partial charge in [0, 0.05) is 0 Å². The Bertz CT molecular complexity index is 770. The average Bonchev–Trinajstić information content (AvgIpc) is 3.04. The molecule has 0 spiro atoms. The summed E-state index contributed by atoms with van der Waals surface area (Å²) < 4.78 is 2.00. The van der Waals surface area contributed by atoms with Crippen LogP contribution in [0.3, 0.4) is 0 Å². The molecule has 0 fully saturated rings. The van der Waals surface area contributed by atoms with Crippen molar-refractivity contribution in [1.29, 1.82) is 0 Å². The first kappa shape index (κ1) is 15.5. The van der Waals surface area contributed by atoms with Crippen LogP contribution in [0.15, 0.2) is 67.3 Å². The minimum absolute atomic E-state index is 0.103. The van der Waals surface area contributed by atoms with Crippen LogP contribution in [0.25, 0.3) is 0 Å². The van der Waals surface area contributed by atoms with Crippen molar-refractivity contribution >= 4 is 0 Å². The Hall–Kier alpha value is -2.42. The molecule has 0 amide bonds. The molecule has 0 N–H and O–H groups in total. The molecule has 1 atom stereocenters. The van der Waals surface area contributed by atoms with Gasteiger partial charge in [0.1, 0.15) is 18.2 Å². The van der Waals surface area contributed by atoms with E-state index in [1.165, 1.54) is 16.7 Å². The quantitative estimate of drug-likeness (QED) is 0.717. The third-order valence-electron chi connectivity index (χ3n) is 4.57. The molecule has 1 aromatic heterocycles. The maximum absolute atomic E-state index is 4.55. The third-order valence-corrected chi connectivity index (χ3v) is 4.57. The van der Waals surface area contributed by atoms with Gasteiger partial charge in [0.05, 0.1) is 0 Å². The molecule has 0 radical (unpaired) electrons. The second-order valence-electron chi connectivity index (χ2n) is 6.98. The number of hydrogen-bond donors (Lipinski definition) is 0. The minimum atomic E-state index is -0.421. The fraction of sp³-hybridized carbons (Fsp3) is 0.300. The van der Waals surface area contributed by atoms with Crippen LogP contribution in [-0.4, -0.2) is 14.8 Å². The van der Waals surface area contributed by atoms with E-state index in [9.17, 15) is 0 Å². The maximum atomic E-state index is 4.55. The van der Waals surface area contributed by atoms with Crippen molar-refractivity contribution in [2.24, 2.45) is 5.41 Å². The Balaban J connectivity index is 2.44. The van der Waals surface area contributed by atoms with Crippen molar-refractivity contribution in [3.8, 4) is 0 Å². The van der Waals surface area contributed by atoms with Crippen LogP contribution in [0.5, 0.6) is 0 Å². The largest absolute Gasteiger partial charge is 0.237 e. The number of aromatic nitrogens is 3. The SMILES string of the molecule is Cc1ccccc1C(c1ccccc1)(n1cncn1)C(C)(C)C. The van der Waals surface area contributed by atoms with Crippen molar-refractivity contribution in [2.75, 3.05) is 0 Å². The predicted molar refractivity (Wildman–Crippen MR) is 93.3 cm³/mol. The summed E-state index contributed by atoms with van der Waals surface area (Å²) in [6, 6.07) is 19.1. The zero-order valence-corrected chi connectivity index (χ0v) is 14.2. The second-order valence-corrected chi connectivity index (χ2v) is 6.98. The highest BCUT2D eigenvalue weighted by molar-refractivity contribution is 5.45. The highest BCUT2D eigenvalue weighted by Crippen LogP contribution is 2.48. The number of aryl methyl sites for hydroxylation is 1. The zero-order chi connectivity index (χ0) is 16.5. The Morgan fingerprint density at radius 2 is 1.52 bits per heavy atom. The molecule has 2 aromatic carbocycles. The molecule has 0 aliphatic carbocycles. The van der Waals surface area contributed by atoms with Gasteiger partial charge < -0.3 is 0 Å². The highest BCUT2D eigenvalue weighted by Gasteiger charge is 2.48. The van der Waals surface area contributed by atoms with Gasteiger partial charge in [0.2, 0.25) is 0 Å². The molecule has 3 nitrogen and oxygen atoms in total. The average molecular weight is 305 g/mol. The standard InChI is InChI=1S/C20H23N3/c1-16-10-8-9-13-18(16)20(19(2,3)4,23-15-21-14-22-23)17-11-6-5-7-12-17/h5-15H,1-4H3. The van der Waals surface area contributed by atoms with Crippen LogP contribution in [0.1, 0.15) is 37.5 Å². The van der Waals surface area contributed by atoms with Gasteiger partial charge in [-0.3, -0.25) is 0 Å². The summed E-state index contributed by atoms with van der Waals surface area (Å²) in [5.74, 6) is 0. The van der Waals surface area contributed by atoms with Gasteiger partial charge in [-0.1, -0.05) is 75.4 Å². The zero-order valence-electron chi connectivity index (χ0n) is 14.2. The van der Waals surface area contributed by atoms with E-state index in [2.05, 4.69) is 92.4 Å². The van der Waals surface area contributed by atoms with Crippen molar-refractivity contribution in [1.82, 2.24) is 14.8 Å². The number of rotatable bonds is 3. The molecule has 118 valence electrons. The number of nitrogens with zero attached hydrogens (tertiary/aromatic N) is 3. The first-order chi connectivity index (χ1) is 11.0. The van der Waals surface area contributed by atoms with Crippen molar-refractivity contribution in [3.05, 3.63) is 83.9 Å². The van der Waals surface area contributed by atoms with E-state index in [1.807, 2.05) is 11.0 Å². The fourth-order valence-electron chi connectivity index (χ4n) is 3.63. The lowest BCUT2D eigenvalue weighted by Gasteiger charge is -2.46. The molecule has 1 heterocycles. The highest BCUT2D eigenvalue weighted by atomic mass is 15.4. The summed E-state index contributed by atoms with van der Waals surface area (Å²) in [6.45, 7) is 8.94. The number of benzene rings is 2. The van der Waals surface area contributed by atoms with Crippen LogP contribution in [0.2, 0.25) is 0 Å². The van der Waals surface area contributed by atoms with Gasteiger partial charge in [0.25, 0.3) is 0 Å². The molecular formula is C20H23N3. The van der Waals surface area contributed by atoms with Crippen LogP contribution in [-0.2, 0) is 5.54 Å². The lowest BCUT2D eigenvalue weighted by Crippen LogP contribution is -2.48. The molecule has 3 rings (SSSR count). The molecule has 0 bridgehead atoms. The molecule has 3 aromatic rings. The molecule has 23 heavy (non-hydrogen) atoms. The fourth-order valence-corrected chi connectivity index (χ4v) is 3.63. The summed E-state index contributed by atoms with van der Waals surface area (Å²) in [7, 11) is 0. The first-order valence-electron chi connectivity index (χ1n) is 7.94. The Morgan fingerprint density at radius 3 is 2.09 bits per heavy atom. The first-order valence-corrected chi connectivity index (χ1v) is 7.94.